The van der Waals surface area contributed by atoms with Crippen LogP contribution in [0.25, 0.3) is 0 Å². The van der Waals surface area contributed by atoms with Crippen molar-refractivity contribution in [3.05, 3.63) is 60.4 Å². The van der Waals surface area contributed by atoms with Crippen LogP contribution in [0.15, 0.2) is 59.8 Å². The van der Waals surface area contributed by atoms with Crippen molar-refractivity contribution in [3.8, 4) is 0 Å². The average Bonchev–Trinajstić information content (AvgIpc) is 2.55. The molecule has 1 heterocycles. The maximum absolute atomic E-state index is 12.1. The molecule has 122 valence electrons. The molecule has 0 unspecified atom stereocenters. The summed E-state index contributed by atoms with van der Waals surface area (Å²) < 4.78 is 26.8. The third kappa shape index (κ3) is 5.15. The van der Waals surface area contributed by atoms with Gasteiger partial charge in [0.1, 0.15) is 0 Å². The first-order valence-corrected chi connectivity index (χ1v) is 8.66. The minimum absolute atomic E-state index is 0.110. The molecule has 23 heavy (non-hydrogen) atoms. The average molecular weight is 333 g/mol. The third-order valence-electron chi connectivity index (χ3n) is 3.30. The summed E-state index contributed by atoms with van der Waals surface area (Å²) in [5, 5.41) is 0. The van der Waals surface area contributed by atoms with Gasteiger partial charge in [0.25, 0.3) is 0 Å². The van der Waals surface area contributed by atoms with Gasteiger partial charge in [-0.1, -0.05) is 18.2 Å². The zero-order chi connectivity index (χ0) is 16.7. The minimum atomic E-state index is -3.55. The zero-order valence-electron chi connectivity index (χ0n) is 12.8. The predicted octanol–water partition coefficient (Wildman–Crippen LogP) is 1.41. The third-order valence-corrected chi connectivity index (χ3v) is 4.77. The first-order valence-electron chi connectivity index (χ1n) is 7.18. The Labute approximate surface area is 136 Å². The molecule has 7 heteroatoms. The lowest BCUT2D eigenvalue weighted by atomic mass is 10.2. The second-order valence-corrected chi connectivity index (χ2v) is 6.77. The van der Waals surface area contributed by atoms with Gasteiger partial charge >= 0.3 is 0 Å². The smallest absolute Gasteiger partial charge is 0.240 e. The van der Waals surface area contributed by atoms with E-state index in [9.17, 15) is 13.2 Å². The maximum Gasteiger partial charge on any atom is 0.240 e. The molecule has 0 aliphatic rings. The van der Waals surface area contributed by atoms with E-state index in [4.69, 9.17) is 0 Å². The fraction of sp³-hybridized carbons (Fsp3) is 0.250. The van der Waals surface area contributed by atoms with E-state index in [1.165, 1.54) is 19.1 Å². The highest BCUT2D eigenvalue weighted by Gasteiger charge is 2.14. The van der Waals surface area contributed by atoms with Crippen molar-refractivity contribution in [2.45, 2.75) is 18.4 Å². The van der Waals surface area contributed by atoms with Crippen molar-refractivity contribution < 1.29 is 13.2 Å². The summed E-state index contributed by atoms with van der Waals surface area (Å²) in [7, 11) is -3.55. The number of pyridine rings is 1. The number of benzene rings is 1. The molecule has 2 aromatic rings. The van der Waals surface area contributed by atoms with E-state index in [2.05, 4.69) is 9.71 Å². The Morgan fingerprint density at radius 1 is 1.13 bits per heavy atom. The summed E-state index contributed by atoms with van der Waals surface area (Å²) in [6.45, 7) is 2.34. The molecule has 2 rings (SSSR count). The van der Waals surface area contributed by atoms with Crippen LogP contribution in [0.2, 0.25) is 0 Å². The topological polar surface area (TPSA) is 79.4 Å². The first-order chi connectivity index (χ1) is 11.0. The molecular formula is C16H19N3O3S. The summed E-state index contributed by atoms with van der Waals surface area (Å²) in [4.78, 5) is 17.4. The molecule has 0 fully saturated rings. The molecule has 0 bridgehead atoms. The fourth-order valence-corrected chi connectivity index (χ4v) is 3.10. The molecule has 0 atom stereocenters. The Bertz CT molecular complexity index is 734. The standard InChI is InChI=1S/C16H19N3O3S/c1-14(20)19(13-15-7-9-17-10-8-15)12-11-18-23(21,22)16-5-3-2-4-6-16/h2-10,18H,11-13H2,1H3. The van der Waals surface area contributed by atoms with Gasteiger partial charge in [-0.2, -0.15) is 0 Å². The quantitative estimate of drug-likeness (QED) is 0.831. The number of amides is 1. The number of nitrogens with one attached hydrogen (secondary N) is 1. The maximum atomic E-state index is 12.1. The SMILES string of the molecule is CC(=O)N(CCNS(=O)(=O)c1ccccc1)Cc1ccncc1. The van der Waals surface area contributed by atoms with E-state index < -0.39 is 10.0 Å². The Morgan fingerprint density at radius 2 is 1.78 bits per heavy atom. The van der Waals surface area contributed by atoms with Crippen LogP contribution >= 0.6 is 0 Å². The van der Waals surface area contributed by atoms with Crippen LogP contribution in [-0.2, 0) is 21.4 Å². The van der Waals surface area contributed by atoms with E-state index in [1.807, 2.05) is 12.1 Å². The summed E-state index contributed by atoms with van der Waals surface area (Å²) in [5.74, 6) is -0.110. The van der Waals surface area contributed by atoms with Gasteiger partial charge in [-0.3, -0.25) is 9.78 Å². The van der Waals surface area contributed by atoms with Gasteiger partial charge in [-0.05, 0) is 29.8 Å². The van der Waals surface area contributed by atoms with E-state index >= 15 is 0 Å². The summed E-state index contributed by atoms with van der Waals surface area (Å²) >= 11 is 0. The second kappa shape index (κ2) is 7.85. The predicted molar refractivity (Wildman–Crippen MR) is 87.0 cm³/mol. The molecule has 6 nitrogen and oxygen atoms in total. The molecule has 1 N–H and O–H groups in total. The van der Waals surface area contributed by atoms with Gasteiger partial charge in [-0.15, -0.1) is 0 Å². The van der Waals surface area contributed by atoms with Crippen molar-refractivity contribution in [2.75, 3.05) is 13.1 Å². The van der Waals surface area contributed by atoms with Crippen LogP contribution in [-0.4, -0.2) is 37.3 Å². The first kappa shape index (κ1) is 17.1. The molecule has 0 saturated carbocycles. The van der Waals surface area contributed by atoms with Crippen LogP contribution < -0.4 is 4.72 Å². The molecule has 1 aromatic heterocycles. The molecule has 0 spiro atoms. The monoisotopic (exact) mass is 333 g/mol. The van der Waals surface area contributed by atoms with Gasteiger partial charge < -0.3 is 4.90 Å². The van der Waals surface area contributed by atoms with Gasteiger partial charge in [-0.25, -0.2) is 13.1 Å². The van der Waals surface area contributed by atoms with Crippen LogP contribution in [0.4, 0.5) is 0 Å². The number of rotatable bonds is 7. The Kier molecular flexibility index (Phi) is 5.84. The van der Waals surface area contributed by atoms with E-state index in [1.54, 1.807) is 35.5 Å². The molecular weight excluding hydrogens is 314 g/mol. The molecule has 1 aromatic carbocycles. The van der Waals surface area contributed by atoms with Crippen LogP contribution in [0, 0.1) is 0 Å². The number of nitrogens with zero attached hydrogens (tertiary/aromatic N) is 2. The summed E-state index contributed by atoms with van der Waals surface area (Å²) in [5.41, 5.74) is 0.945. The highest BCUT2D eigenvalue weighted by molar-refractivity contribution is 7.89. The van der Waals surface area contributed by atoms with Gasteiger partial charge in [0, 0.05) is 39.0 Å². The molecule has 0 aliphatic heterocycles. The molecule has 0 radical (unpaired) electrons. The van der Waals surface area contributed by atoms with Crippen LogP contribution in [0.1, 0.15) is 12.5 Å². The minimum Gasteiger partial charge on any atom is -0.337 e. The van der Waals surface area contributed by atoms with Crippen molar-refractivity contribution in [1.82, 2.24) is 14.6 Å². The molecule has 0 aliphatic carbocycles. The Balaban J connectivity index is 1.93. The van der Waals surface area contributed by atoms with Gasteiger partial charge in [0.15, 0.2) is 0 Å². The largest absolute Gasteiger partial charge is 0.337 e. The van der Waals surface area contributed by atoms with Gasteiger partial charge in [0.2, 0.25) is 15.9 Å². The lowest BCUT2D eigenvalue weighted by Crippen LogP contribution is -2.37. The highest BCUT2D eigenvalue weighted by Crippen LogP contribution is 2.07. The van der Waals surface area contributed by atoms with Crippen LogP contribution in [0.5, 0.6) is 0 Å². The zero-order valence-corrected chi connectivity index (χ0v) is 13.7. The van der Waals surface area contributed by atoms with E-state index in [-0.39, 0.29) is 17.3 Å². The fourth-order valence-electron chi connectivity index (χ4n) is 2.05. The number of hydrogen-bond acceptors (Lipinski definition) is 4. The lowest BCUT2D eigenvalue weighted by Gasteiger charge is -2.21. The number of carbonyl (C=O) groups excluding carboxylic acids is 1. The molecule has 0 saturated heterocycles. The van der Waals surface area contributed by atoms with Crippen molar-refractivity contribution >= 4 is 15.9 Å². The van der Waals surface area contributed by atoms with E-state index in [0.29, 0.717) is 13.1 Å². The highest BCUT2D eigenvalue weighted by atomic mass is 32.2. The number of aromatic nitrogens is 1. The van der Waals surface area contributed by atoms with Crippen LogP contribution in [0.3, 0.4) is 0 Å². The number of hydrogen-bond donors (Lipinski definition) is 1. The summed E-state index contributed by atoms with van der Waals surface area (Å²) in [6, 6.07) is 11.8. The van der Waals surface area contributed by atoms with Crippen molar-refractivity contribution in [3.63, 3.8) is 0 Å². The Hall–Kier alpha value is -2.25. The van der Waals surface area contributed by atoms with Crippen molar-refractivity contribution in [2.24, 2.45) is 0 Å². The number of carbonyl (C=O) groups is 1. The second-order valence-electron chi connectivity index (χ2n) is 5.01. The van der Waals surface area contributed by atoms with Crippen molar-refractivity contribution in [1.29, 1.82) is 0 Å². The van der Waals surface area contributed by atoms with E-state index in [0.717, 1.165) is 5.56 Å². The normalized spacial score (nSPS) is 11.2. The summed E-state index contributed by atoms with van der Waals surface area (Å²) in [6.07, 6.45) is 3.32. The molecule has 1 amide bonds. The number of sulfonamides is 1. The lowest BCUT2D eigenvalue weighted by molar-refractivity contribution is -0.129. The Morgan fingerprint density at radius 3 is 2.39 bits per heavy atom. The van der Waals surface area contributed by atoms with Gasteiger partial charge in [0.05, 0.1) is 4.90 Å².